The predicted octanol–water partition coefficient (Wildman–Crippen LogP) is 12.7. The zero-order valence-corrected chi connectivity index (χ0v) is 30.4. The standard InChI is InChI=1S/C49H31N5S/c1-5-16-32(17-6-1)42-31-43(51-46(50-42)33-18-7-2-8-19-33)38-25-14-13-24-37(38)40-26-15-27-41-39-29-28-36(30-44(39)55-45(40)41)49-53-47(34-20-9-3-10-21-34)52-48(54-49)35-22-11-4-12-23-35/h1-31H. The van der Waals surface area contributed by atoms with Crippen LogP contribution >= 0.6 is 11.3 Å². The Kier molecular flexibility index (Phi) is 8.28. The first-order chi connectivity index (χ1) is 27.2. The molecule has 0 saturated carbocycles. The average Bonchev–Trinajstić information content (AvgIpc) is 3.66. The van der Waals surface area contributed by atoms with Crippen LogP contribution in [0, 0.1) is 0 Å². The van der Waals surface area contributed by atoms with Gasteiger partial charge in [-0.25, -0.2) is 24.9 Å². The summed E-state index contributed by atoms with van der Waals surface area (Å²) in [6, 6.07) is 64.5. The minimum atomic E-state index is 0.643. The van der Waals surface area contributed by atoms with Crippen LogP contribution < -0.4 is 0 Å². The number of hydrogen-bond acceptors (Lipinski definition) is 6. The van der Waals surface area contributed by atoms with Crippen molar-refractivity contribution in [3.8, 4) is 79.2 Å². The van der Waals surface area contributed by atoms with Crippen molar-refractivity contribution in [3.63, 3.8) is 0 Å². The summed E-state index contributed by atoms with van der Waals surface area (Å²) in [6.07, 6.45) is 0. The maximum atomic E-state index is 5.18. The SMILES string of the molecule is c1ccc(-c2cc(-c3ccccc3-c3cccc4c3sc3cc(-c5nc(-c6ccccc6)nc(-c6ccccc6)n5)ccc34)nc(-c3ccccc3)n2)cc1. The summed E-state index contributed by atoms with van der Waals surface area (Å²) in [4.78, 5) is 25.1. The summed E-state index contributed by atoms with van der Waals surface area (Å²) in [5.41, 5.74) is 9.97. The van der Waals surface area contributed by atoms with Crippen molar-refractivity contribution in [2.75, 3.05) is 0 Å². The number of aromatic nitrogens is 5. The molecule has 7 aromatic carbocycles. The van der Waals surface area contributed by atoms with Gasteiger partial charge in [-0.05, 0) is 17.7 Å². The fraction of sp³-hybridized carbons (Fsp3) is 0. The summed E-state index contributed by atoms with van der Waals surface area (Å²) < 4.78 is 2.38. The van der Waals surface area contributed by atoms with Gasteiger partial charge in [0.1, 0.15) is 0 Å². The number of rotatable bonds is 7. The Morgan fingerprint density at radius 3 is 1.36 bits per heavy atom. The topological polar surface area (TPSA) is 64.5 Å². The van der Waals surface area contributed by atoms with E-state index in [9.17, 15) is 0 Å². The second-order valence-corrected chi connectivity index (χ2v) is 14.3. The summed E-state index contributed by atoms with van der Waals surface area (Å²) >= 11 is 1.79. The molecule has 0 N–H and O–H groups in total. The molecule has 6 heteroatoms. The molecule has 258 valence electrons. The van der Waals surface area contributed by atoms with Crippen LogP contribution in [-0.4, -0.2) is 24.9 Å². The molecule has 3 aromatic heterocycles. The highest BCUT2D eigenvalue weighted by molar-refractivity contribution is 7.26. The van der Waals surface area contributed by atoms with Gasteiger partial charge in [-0.1, -0.05) is 176 Å². The average molecular weight is 722 g/mol. The first-order valence-electron chi connectivity index (χ1n) is 18.2. The van der Waals surface area contributed by atoms with Gasteiger partial charge in [-0.2, -0.15) is 0 Å². The third kappa shape index (κ3) is 6.24. The van der Waals surface area contributed by atoms with E-state index in [0.717, 1.165) is 55.9 Å². The lowest BCUT2D eigenvalue weighted by Crippen LogP contribution is -1.99. The molecule has 0 aliphatic rings. The molecule has 0 radical (unpaired) electrons. The van der Waals surface area contributed by atoms with Crippen LogP contribution in [0.5, 0.6) is 0 Å². The molecule has 0 unspecified atom stereocenters. The molecule has 3 heterocycles. The minimum absolute atomic E-state index is 0.643. The molecule has 10 rings (SSSR count). The largest absolute Gasteiger partial charge is 0.228 e. The third-order valence-electron chi connectivity index (χ3n) is 9.78. The Bertz CT molecular complexity index is 2850. The summed E-state index contributed by atoms with van der Waals surface area (Å²) in [5, 5.41) is 2.41. The zero-order valence-electron chi connectivity index (χ0n) is 29.5. The fourth-order valence-electron chi connectivity index (χ4n) is 7.09. The molecule has 5 nitrogen and oxygen atoms in total. The van der Waals surface area contributed by atoms with Gasteiger partial charge >= 0.3 is 0 Å². The maximum absolute atomic E-state index is 5.18. The van der Waals surface area contributed by atoms with E-state index < -0.39 is 0 Å². The van der Waals surface area contributed by atoms with Crippen LogP contribution in [0.15, 0.2) is 188 Å². The van der Waals surface area contributed by atoms with Gasteiger partial charge in [0.2, 0.25) is 0 Å². The van der Waals surface area contributed by atoms with Crippen molar-refractivity contribution < 1.29 is 0 Å². The summed E-state index contributed by atoms with van der Waals surface area (Å²) in [6.45, 7) is 0. The summed E-state index contributed by atoms with van der Waals surface area (Å²) in [5.74, 6) is 2.64. The number of thiophene rings is 1. The molecule has 0 fully saturated rings. The molecular formula is C49H31N5S. The highest BCUT2D eigenvalue weighted by atomic mass is 32.1. The second-order valence-electron chi connectivity index (χ2n) is 13.3. The van der Waals surface area contributed by atoms with Gasteiger partial charge in [-0.15, -0.1) is 11.3 Å². The van der Waals surface area contributed by atoms with Crippen LogP contribution in [-0.2, 0) is 0 Å². The number of fused-ring (bicyclic) bond motifs is 3. The molecule has 0 atom stereocenters. The zero-order chi connectivity index (χ0) is 36.6. The van der Waals surface area contributed by atoms with Crippen LogP contribution in [0.3, 0.4) is 0 Å². The predicted molar refractivity (Wildman–Crippen MR) is 226 cm³/mol. The van der Waals surface area contributed by atoms with Crippen molar-refractivity contribution in [1.29, 1.82) is 0 Å². The Hall–Kier alpha value is -7.15. The number of nitrogens with zero attached hydrogens (tertiary/aromatic N) is 5. The smallest absolute Gasteiger partial charge is 0.164 e. The maximum Gasteiger partial charge on any atom is 0.164 e. The van der Waals surface area contributed by atoms with Crippen molar-refractivity contribution in [1.82, 2.24) is 24.9 Å². The molecule has 0 bridgehead atoms. The van der Waals surface area contributed by atoms with E-state index in [0.29, 0.717) is 23.3 Å². The third-order valence-corrected chi connectivity index (χ3v) is 11.0. The van der Waals surface area contributed by atoms with Crippen LogP contribution in [0.25, 0.3) is 99.4 Å². The number of benzene rings is 7. The van der Waals surface area contributed by atoms with E-state index in [1.54, 1.807) is 11.3 Å². The number of hydrogen-bond donors (Lipinski definition) is 0. The minimum Gasteiger partial charge on any atom is -0.228 e. The Balaban J connectivity index is 1.11. The van der Waals surface area contributed by atoms with Crippen LogP contribution in [0.1, 0.15) is 0 Å². The van der Waals surface area contributed by atoms with E-state index in [1.165, 1.54) is 20.2 Å². The van der Waals surface area contributed by atoms with Gasteiger partial charge in [0.25, 0.3) is 0 Å². The van der Waals surface area contributed by atoms with E-state index >= 15 is 0 Å². The molecule has 0 aliphatic carbocycles. The molecule has 55 heavy (non-hydrogen) atoms. The quantitative estimate of drug-likeness (QED) is 0.164. The molecule has 0 aliphatic heterocycles. The first-order valence-corrected chi connectivity index (χ1v) is 19.0. The van der Waals surface area contributed by atoms with Crippen molar-refractivity contribution in [2.24, 2.45) is 0 Å². The molecule has 10 aromatic rings. The van der Waals surface area contributed by atoms with Gasteiger partial charge in [0, 0.05) is 59.1 Å². The van der Waals surface area contributed by atoms with Crippen molar-refractivity contribution >= 4 is 31.5 Å². The molecule has 0 spiro atoms. The van der Waals surface area contributed by atoms with Gasteiger partial charge in [0.05, 0.1) is 11.4 Å². The monoisotopic (exact) mass is 721 g/mol. The lowest BCUT2D eigenvalue weighted by Gasteiger charge is -2.13. The van der Waals surface area contributed by atoms with Crippen molar-refractivity contribution in [2.45, 2.75) is 0 Å². The Labute approximate surface area is 322 Å². The molecule has 0 amide bonds. The highest BCUT2D eigenvalue weighted by Crippen LogP contribution is 2.44. The molecular weight excluding hydrogens is 691 g/mol. The van der Waals surface area contributed by atoms with Gasteiger partial charge < -0.3 is 0 Å². The first kappa shape index (κ1) is 32.5. The van der Waals surface area contributed by atoms with Crippen LogP contribution in [0.2, 0.25) is 0 Å². The van der Waals surface area contributed by atoms with Crippen molar-refractivity contribution in [3.05, 3.63) is 188 Å². The Morgan fingerprint density at radius 2 is 0.764 bits per heavy atom. The van der Waals surface area contributed by atoms with E-state index in [2.05, 4.69) is 91.0 Å². The second kappa shape index (κ2) is 14.0. The van der Waals surface area contributed by atoms with Crippen LogP contribution in [0.4, 0.5) is 0 Å². The van der Waals surface area contributed by atoms with E-state index in [-0.39, 0.29) is 0 Å². The molecule has 0 saturated heterocycles. The van der Waals surface area contributed by atoms with E-state index in [1.807, 2.05) is 97.1 Å². The Morgan fingerprint density at radius 1 is 0.291 bits per heavy atom. The van der Waals surface area contributed by atoms with E-state index in [4.69, 9.17) is 24.9 Å². The fourth-order valence-corrected chi connectivity index (χ4v) is 8.36. The lowest BCUT2D eigenvalue weighted by molar-refractivity contribution is 1.07. The van der Waals surface area contributed by atoms with Gasteiger partial charge in [0.15, 0.2) is 23.3 Å². The summed E-state index contributed by atoms with van der Waals surface area (Å²) in [7, 11) is 0. The van der Waals surface area contributed by atoms with Gasteiger partial charge in [-0.3, -0.25) is 0 Å². The lowest BCUT2D eigenvalue weighted by atomic mass is 9.95. The highest BCUT2D eigenvalue weighted by Gasteiger charge is 2.18. The normalized spacial score (nSPS) is 11.3.